The van der Waals surface area contributed by atoms with Crippen LogP contribution in [0.5, 0.6) is 0 Å². The molecule has 1 aromatic heterocycles. The summed E-state index contributed by atoms with van der Waals surface area (Å²) in [6, 6.07) is 6.35. The first-order chi connectivity index (χ1) is 7.16. The van der Waals surface area contributed by atoms with Crippen LogP contribution in [-0.2, 0) is 7.05 Å². The van der Waals surface area contributed by atoms with Gasteiger partial charge in [0.2, 0.25) is 5.95 Å². The maximum absolute atomic E-state index is 4.23. The van der Waals surface area contributed by atoms with E-state index in [1.807, 2.05) is 17.8 Å². The standard InChI is InChI=1S/C12H15N3/c1-9-4-5-10(2)11(8-9)14-12-13-6-7-15(12)3/h4-8H,1-3H3,(H,13,14). The van der Waals surface area contributed by atoms with Gasteiger partial charge in [-0.2, -0.15) is 0 Å². The van der Waals surface area contributed by atoms with Gasteiger partial charge in [-0.1, -0.05) is 12.1 Å². The molecule has 0 amide bonds. The summed E-state index contributed by atoms with van der Waals surface area (Å²) in [6.45, 7) is 4.17. The van der Waals surface area contributed by atoms with Gasteiger partial charge in [-0.3, -0.25) is 0 Å². The Kier molecular flexibility index (Phi) is 2.46. The minimum Gasteiger partial charge on any atom is -0.325 e. The number of imidazole rings is 1. The molecule has 0 bridgehead atoms. The van der Waals surface area contributed by atoms with Crippen LogP contribution in [0.25, 0.3) is 0 Å². The molecule has 78 valence electrons. The van der Waals surface area contributed by atoms with Crippen LogP contribution in [0, 0.1) is 13.8 Å². The van der Waals surface area contributed by atoms with Gasteiger partial charge < -0.3 is 9.88 Å². The first-order valence-electron chi connectivity index (χ1n) is 4.98. The van der Waals surface area contributed by atoms with Gasteiger partial charge in [-0.25, -0.2) is 4.98 Å². The first kappa shape index (κ1) is 9.77. The fraction of sp³-hybridized carbons (Fsp3) is 0.250. The molecule has 0 aliphatic carbocycles. The summed E-state index contributed by atoms with van der Waals surface area (Å²) in [5.74, 6) is 0.865. The lowest BCUT2D eigenvalue weighted by Gasteiger charge is -2.09. The molecule has 0 spiro atoms. The van der Waals surface area contributed by atoms with Crippen LogP contribution >= 0.6 is 0 Å². The van der Waals surface area contributed by atoms with Crippen molar-refractivity contribution in [1.82, 2.24) is 9.55 Å². The fourth-order valence-electron chi connectivity index (χ4n) is 1.48. The Hall–Kier alpha value is -1.77. The highest BCUT2D eigenvalue weighted by Gasteiger charge is 2.02. The summed E-state index contributed by atoms with van der Waals surface area (Å²) in [6.07, 6.45) is 3.71. The van der Waals surface area contributed by atoms with Crippen molar-refractivity contribution in [2.24, 2.45) is 7.05 Å². The van der Waals surface area contributed by atoms with E-state index in [4.69, 9.17) is 0 Å². The normalized spacial score (nSPS) is 10.3. The van der Waals surface area contributed by atoms with E-state index in [2.05, 4.69) is 42.3 Å². The second-order valence-electron chi connectivity index (χ2n) is 3.81. The summed E-state index contributed by atoms with van der Waals surface area (Å²) >= 11 is 0. The average Bonchev–Trinajstić information content (AvgIpc) is 2.58. The zero-order valence-electron chi connectivity index (χ0n) is 9.28. The average molecular weight is 201 g/mol. The minimum atomic E-state index is 0.865. The van der Waals surface area contributed by atoms with E-state index in [-0.39, 0.29) is 0 Å². The number of anilines is 2. The van der Waals surface area contributed by atoms with E-state index in [0.29, 0.717) is 0 Å². The van der Waals surface area contributed by atoms with Crippen molar-refractivity contribution < 1.29 is 0 Å². The number of aryl methyl sites for hydroxylation is 3. The molecule has 1 heterocycles. The minimum absolute atomic E-state index is 0.865. The van der Waals surface area contributed by atoms with Gasteiger partial charge in [0.15, 0.2) is 0 Å². The van der Waals surface area contributed by atoms with Crippen LogP contribution in [0.1, 0.15) is 11.1 Å². The molecule has 0 saturated heterocycles. The third-order valence-electron chi connectivity index (χ3n) is 2.46. The molecule has 15 heavy (non-hydrogen) atoms. The highest BCUT2D eigenvalue weighted by molar-refractivity contribution is 5.59. The number of benzene rings is 1. The molecule has 0 aliphatic heterocycles. The highest BCUT2D eigenvalue weighted by Crippen LogP contribution is 2.20. The van der Waals surface area contributed by atoms with Crippen molar-refractivity contribution in [3.63, 3.8) is 0 Å². The lowest BCUT2D eigenvalue weighted by Crippen LogP contribution is -2.00. The molecular formula is C12H15N3. The number of nitrogens with zero attached hydrogens (tertiary/aromatic N) is 2. The molecule has 3 nitrogen and oxygen atoms in total. The van der Waals surface area contributed by atoms with Crippen molar-refractivity contribution in [2.75, 3.05) is 5.32 Å². The Bertz CT molecular complexity index is 471. The number of hydrogen-bond donors (Lipinski definition) is 1. The molecule has 0 unspecified atom stereocenters. The van der Waals surface area contributed by atoms with Crippen LogP contribution in [0.3, 0.4) is 0 Å². The van der Waals surface area contributed by atoms with Crippen molar-refractivity contribution in [3.8, 4) is 0 Å². The molecular weight excluding hydrogens is 186 g/mol. The van der Waals surface area contributed by atoms with E-state index in [9.17, 15) is 0 Å². The van der Waals surface area contributed by atoms with Crippen LogP contribution in [0.2, 0.25) is 0 Å². The highest BCUT2D eigenvalue weighted by atomic mass is 15.2. The quantitative estimate of drug-likeness (QED) is 0.809. The van der Waals surface area contributed by atoms with Crippen molar-refractivity contribution in [3.05, 3.63) is 41.7 Å². The Morgan fingerprint density at radius 2 is 2.07 bits per heavy atom. The SMILES string of the molecule is Cc1ccc(C)c(Nc2nccn2C)c1. The predicted octanol–water partition coefficient (Wildman–Crippen LogP) is 2.78. The molecule has 2 rings (SSSR count). The van der Waals surface area contributed by atoms with Crippen molar-refractivity contribution in [2.45, 2.75) is 13.8 Å². The van der Waals surface area contributed by atoms with E-state index in [1.54, 1.807) is 6.20 Å². The van der Waals surface area contributed by atoms with Crippen LogP contribution < -0.4 is 5.32 Å². The molecule has 1 N–H and O–H groups in total. The summed E-state index contributed by atoms with van der Waals surface area (Å²) in [5, 5.41) is 3.31. The molecule has 0 atom stereocenters. The first-order valence-corrected chi connectivity index (χ1v) is 4.98. The monoisotopic (exact) mass is 201 g/mol. The molecule has 1 aromatic carbocycles. The topological polar surface area (TPSA) is 29.9 Å². The molecule has 2 aromatic rings. The molecule has 3 heteroatoms. The molecule has 0 aliphatic rings. The maximum atomic E-state index is 4.23. The number of hydrogen-bond acceptors (Lipinski definition) is 2. The van der Waals surface area contributed by atoms with Gasteiger partial charge in [0.25, 0.3) is 0 Å². The van der Waals surface area contributed by atoms with Gasteiger partial charge in [0.05, 0.1) is 0 Å². The van der Waals surface area contributed by atoms with Crippen molar-refractivity contribution >= 4 is 11.6 Å². The van der Waals surface area contributed by atoms with Gasteiger partial charge in [0.1, 0.15) is 0 Å². The summed E-state index contributed by atoms with van der Waals surface area (Å²) in [5.41, 5.74) is 3.59. The van der Waals surface area contributed by atoms with E-state index in [1.165, 1.54) is 11.1 Å². The summed E-state index contributed by atoms with van der Waals surface area (Å²) in [4.78, 5) is 4.23. The Morgan fingerprint density at radius 3 is 2.73 bits per heavy atom. The molecule has 0 radical (unpaired) electrons. The predicted molar refractivity (Wildman–Crippen MR) is 62.4 cm³/mol. The zero-order chi connectivity index (χ0) is 10.8. The summed E-state index contributed by atoms with van der Waals surface area (Å²) in [7, 11) is 1.97. The van der Waals surface area contributed by atoms with Gasteiger partial charge in [-0.05, 0) is 31.0 Å². The summed E-state index contributed by atoms with van der Waals surface area (Å²) < 4.78 is 1.96. The smallest absolute Gasteiger partial charge is 0.207 e. The number of rotatable bonds is 2. The number of nitrogens with one attached hydrogen (secondary N) is 1. The van der Waals surface area contributed by atoms with Gasteiger partial charge in [0, 0.05) is 25.1 Å². The lowest BCUT2D eigenvalue weighted by atomic mass is 10.1. The van der Waals surface area contributed by atoms with Crippen LogP contribution in [0.4, 0.5) is 11.6 Å². The third-order valence-corrected chi connectivity index (χ3v) is 2.46. The lowest BCUT2D eigenvalue weighted by molar-refractivity contribution is 0.924. The van der Waals surface area contributed by atoms with E-state index >= 15 is 0 Å². The van der Waals surface area contributed by atoms with Crippen LogP contribution in [-0.4, -0.2) is 9.55 Å². The van der Waals surface area contributed by atoms with Gasteiger partial charge >= 0.3 is 0 Å². The van der Waals surface area contributed by atoms with Crippen molar-refractivity contribution in [1.29, 1.82) is 0 Å². The van der Waals surface area contributed by atoms with Gasteiger partial charge in [-0.15, -0.1) is 0 Å². The molecule has 0 saturated carbocycles. The Balaban J connectivity index is 2.32. The maximum Gasteiger partial charge on any atom is 0.207 e. The molecule has 0 fully saturated rings. The van der Waals surface area contributed by atoms with E-state index < -0.39 is 0 Å². The Labute approximate surface area is 89.8 Å². The second-order valence-corrected chi connectivity index (χ2v) is 3.81. The van der Waals surface area contributed by atoms with E-state index in [0.717, 1.165) is 11.6 Å². The number of aromatic nitrogens is 2. The zero-order valence-corrected chi connectivity index (χ0v) is 9.28. The van der Waals surface area contributed by atoms with Crippen LogP contribution in [0.15, 0.2) is 30.6 Å². The largest absolute Gasteiger partial charge is 0.325 e. The Morgan fingerprint density at radius 1 is 1.27 bits per heavy atom. The second kappa shape index (κ2) is 3.77. The third kappa shape index (κ3) is 2.01. The fourth-order valence-corrected chi connectivity index (χ4v) is 1.48.